The summed E-state index contributed by atoms with van der Waals surface area (Å²) in [6.07, 6.45) is 4.14. The number of rotatable bonds is 6. The summed E-state index contributed by atoms with van der Waals surface area (Å²) in [6, 6.07) is 9.89. The van der Waals surface area contributed by atoms with Gasteiger partial charge in [0.15, 0.2) is 0 Å². The fourth-order valence-electron chi connectivity index (χ4n) is 2.88. The summed E-state index contributed by atoms with van der Waals surface area (Å²) in [5.74, 6) is 0.267. The molecule has 0 heterocycles. The van der Waals surface area contributed by atoms with Crippen molar-refractivity contribution < 1.29 is 9.90 Å². The van der Waals surface area contributed by atoms with Gasteiger partial charge in [0, 0.05) is 31.0 Å². The Balaban J connectivity index is 1.75. The van der Waals surface area contributed by atoms with E-state index in [1.54, 1.807) is 0 Å². The maximum Gasteiger partial charge on any atom is 0.220 e. The molecule has 0 aromatic heterocycles. The summed E-state index contributed by atoms with van der Waals surface area (Å²) in [7, 11) is 0. The van der Waals surface area contributed by atoms with E-state index >= 15 is 0 Å². The maximum absolute atomic E-state index is 11.9. The van der Waals surface area contributed by atoms with Crippen molar-refractivity contribution in [3.8, 4) is 0 Å². The second-order valence-electron chi connectivity index (χ2n) is 5.60. The molecule has 1 aliphatic rings. The van der Waals surface area contributed by atoms with Crippen LogP contribution in [0.15, 0.2) is 30.3 Å². The van der Waals surface area contributed by atoms with Crippen LogP contribution < -0.4 is 11.1 Å². The third-order valence-electron chi connectivity index (χ3n) is 4.15. The second-order valence-corrected chi connectivity index (χ2v) is 5.60. The fraction of sp³-hybridized carbons (Fsp3) is 0.562. The number of hydrogen-bond acceptors (Lipinski definition) is 3. The number of carbonyl (C=O) groups is 1. The van der Waals surface area contributed by atoms with Gasteiger partial charge in [0.25, 0.3) is 0 Å². The Kier molecular flexibility index (Phi) is 5.56. The van der Waals surface area contributed by atoms with E-state index in [1.807, 2.05) is 30.3 Å². The monoisotopic (exact) mass is 276 g/mol. The van der Waals surface area contributed by atoms with Crippen molar-refractivity contribution in [1.82, 2.24) is 5.32 Å². The third kappa shape index (κ3) is 4.05. The molecule has 0 saturated heterocycles. The van der Waals surface area contributed by atoms with Gasteiger partial charge in [-0.25, -0.2) is 0 Å². The van der Waals surface area contributed by atoms with Gasteiger partial charge in [-0.1, -0.05) is 36.8 Å². The molecule has 2 rings (SSSR count). The van der Waals surface area contributed by atoms with Crippen molar-refractivity contribution in [2.45, 2.75) is 44.2 Å². The van der Waals surface area contributed by atoms with E-state index < -0.39 is 0 Å². The van der Waals surface area contributed by atoms with Crippen molar-refractivity contribution in [2.24, 2.45) is 11.7 Å². The molecule has 0 spiro atoms. The molecule has 0 radical (unpaired) electrons. The number of aliphatic hydroxyl groups excluding tert-OH is 1. The van der Waals surface area contributed by atoms with Gasteiger partial charge in [0.05, 0.1) is 0 Å². The molecule has 1 aromatic rings. The van der Waals surface area contributed by atoms with Crippen LogP contribution in [0.5, 0.6) is 0 Å². The number of aliphatic hydroxyl groups is 1. The third-order valence-corrected chi connectivity index (χ3v) is 4.15. The minimum atomic E-state index is -0.0980. The largest absolute Gasteiger partial charge is 0.396 e. The zero-order valence-corrected chi connectivity index (χ0v) is 11.8. The molecule has 1 saturated carbocycles. The van der Waals surface area contributed by atoms with E-state index in [2.05, 4.69) is 5.32 Å². The zero-order valence-electron chi connectivity index (χ0n) is 11.8. The maximum atomic E-state index is 11.9. The molecule has 4 heteroatoms. The average molecular weight is 276 g/mol. The molecule has 1 amide bonds. The Morgan fingerprint density at radius 2 is 2.10 bits per heavy atom. The van der Waals surface area contributed by atoms with E-state index in [0.717, 1.165) is 24.8 Å². The van der Waals surface area contributed by atoms with Gasteiger partial charge >= 0.3 is 0 Å². The van der Waals surface area contributed by atoms with Crippen molar-refractivity contribution in [2.75, 3.05) is 6.61 Å². The topological polar surface area (TPSA) is 75.4 Å². The Morgan fingerprint density at radius 3 is 2.80 bits per heavy atom. The summed E-state index contributed by atoms with van der Waals surface area (Å²) in [5, 5.41) is 12.3. The fourth-order valence-corrected chi connectivity index (χ4v) is 2.88. The van der Waals surface area contributed by atoms with Crippen LogP contribution in [-0.4, -0.2) is 23.7 Å². The quantitative estimate of drug-likeness (QED) is 0.741. The lowest BCUT2D eigenvalue weighted by molar-refractivity contribution is -0.122. The summed E-state index contributed by atoms with van der Waals surface area (Å²) >= 11 is 0. The average Bonchev–Trinajstić information content (AvgIpc) is 2.92. The molecule has 3 atom stereocenters. The first-order chi connectivity index (χ1) is 9.70. The molecule has 110 valence electrons. The van der Waals surface area contributed by atoms with Gasteiger partial charge in [0.1, 0.15) is 0 Å². The smallest absolute Gasteiger partial charge is 0.220 e. The highest BCUT2D eigenvalue weighted by molar-refractivity contribution is 5.76. The van der Waals surface area contributed by atoms with Crippen LogP contribution in [0.2, 0.25) is 0 Å². The van der Waals surface area contributed by atoms with Crippen molar-refractivity contribution in [1.29, 1.82) is 0 Å². The first-order valence-corrected chi connectivity index (χ1v) is 7.41. The van der Waals surface area contributed by atoms with Gasteiger partial charge in [0.2, 0.25) is 5.91 Å². The Morgan fingerprint density at radius 1 is 1.35 bits per heavy atom. The first-order valence-electron chi connectivity index (χ1n) is 7.41. The minimum absolute atomic E-state index is 0.0433. The van der Waals surface area contributed by atoms with Crippen LogP contribution in [0, 0.1) is 5.92 Å². The van der Waals surface area contributed by atoms with E-state index in [-0.39, 0.29) is 30.5 Å². The lowest BCUT2D eigenvalue weighted by Crippen LogP contribution is -2.38. The van der Waals surface area contributed by atoms with Gasteiger partial charge < -0.3 is 16.2 Å². The number of amides is 1. The number of nitrogens with two attached hydrogens (primary N) is 1. The van der Waals surface area contributed by atoms with Crippen molar-refractivity contribution in [3.05, 3.63) is 35.9 Å². The number of benzene rings is 1. The molecule has 1 aromatic carbocycles. The molecular formula is C16H24N2O2. The Bertz CT molecular complexity index is 422. The molecule has 20 heavy (non-hydrogen) atoms. The minimum Gasteiger partial charge on any atom is -0.396 e. The molecule has 1 aliphatic carbocycles. The number of carbonyl (C=O) groups excluding carboxylic acids is 1. The highest BCUT2D eigenvalue weighted by atomic mass is 16.3. The highest BCUT2D eigenvalue weighted by Gasteiger charge is 2.27. The normalized spacial score (nSPS) is 23.5. The lowest BCUT2D eigenvalue weighted by atomic mass is 10.0. The molecule has 0 bridgehead atoms. The van der Waals surface area contributed by atoms with Gasteiger partial charge in [-0.3, -0.25) is 4.79 Å². The van der Waals surface area contributed by atoms with Gasteiger partial charge in [-0.15, -0.1) is 0 Å². The first kappa shape index (κ1) is 15.0. The summed E-state index contributed by atoms with van der Waals surface area (Å²) < 4.78 is 0. The van der Waals surface area contributed by atoms with Gasteiger partial charge in [-0.05, 0) is 24.8 Å². The highest BCUT2D eigenvalue weighted by Crippen LogP contribution is 2.25. The molecular weight excluding hydrogens is 252 g/mol. The van der Waals surface area contributed by atoms with Crippen molar-refractivity contribution in [3.63, 3.8) is 0 Å². The molecule has 1 fully saturated rings. The summed E-state index contributed by atoms with van der Waals surface area (Å²) in [6.45, 7) is 0.161. The van der Waals surface area contributed by atoms with Crippen LogP contribution in [0.1, 0.15) is 43.7 Å². The van der Waals surface area contributed by atoms with Crippen LogP contribution in [0.25, 0.3) is 0 Å². The molecule has 3 unspecified atom stereocenters. The summed E-state index contributed by atoms with van der Waals surface area (Å²) in [4.78, 5) is 11.9. The molecule has 0 aliphatic heterocycles. The standard InChI is InChI=1S/C16H24N2O2/c17-14(12-5-2-1-3-6-12)9-10-16(20)18-15-8-4-7-13(15)11-19/h1-3,5-6,13-15,19H,4,7-11,17H2,(H,18,20). The van der Waals surface area contributed by atoms with E-state index in [1.165, 1.54) is 0 Å². The van der Waals surface area contributed by atoms with Crippen LogP contribution in [0.3, 0.4) is 0 Å². The number of nitrogens with one attached hydrogen (secondary N) is 1. The lowest BCUT2D eigenvalue weighted by Gasteiger charge is -2.19. The van der Waals surface area contributed by atoms with E-state index in [9.17, 15) is 9.90 Å². The van der Waals surface area contributed by atoms with Gasteiger partial charge in [-0.2, -0.15) is 0 Å². The summed E-state index contributed by atoms with van der Waals surface area (Å²) in [5.41, 5.74) is 7.15. The van der Waals surface area contributed by atoms with Crippen LogP contribution in [-0.2, 0) is 4.79 Å². The Labute approximate surface area is 120 Å². The predicted octanol–water partition coefficient (Wildman–Crippen LogP) is 1.74. The van der Waals surface area contributed by atoms with Crippen LogP contribution in [0.4, 0.5) is 0 Å². The van der Waals surface area contributed by atoms with E-state index in [0.29, 0.717) is 12.8 Å². The SMILES string of the molecule is NC(CCC(=O)NC1CCCC1CO)c1ccccc1. The number of hydrogen-bond donors (Lipinski definition) is 3. The predicted molar refractivity (Wildman–Crippen MR) is 79.0 cm³/mol. The molecule has 4 N–H and O–H groups in total. The zero-order chi connectivity index (χ0) is 14.4. The van der Waals surface area contributed by atoms with Crippen molar-refractivity contribution >= 4 is 5.91 Å². The van der Waals surface area contributed by atoms with Crippen LogP contribution >= 0.6 is 0 Å². The second kappa shape index (κ2) is 7.41. The molecule has 4 nitrogen and oxygen atoms in total. The Hall–Kier alpha value is -1.39. The van der Waals surface area contributed by atoms with E-state index in [4.69, 9.17) is 5.73 Å².